The highest BCUT2D eigenvalue weighted by Crippen LogP contribution is 2.36. The summed E-state index contributed by atoms with van der Waals surface area (Å²) in [5.41, 5.74) is 0. The van der Waals surface area contributed by atoms with E-state index in [9.17, 15) is 13.6 Å². The van der Waals surface area contributed by atoms with Crippen LogP contribution in [-0.4, -0.2) is 19.0 Å². The Morgan fingerprint density at radius 3 is 2.75 bits per heavy atom. The van der Waals surface area contributed by atoms with Gasteiger partial charge in [-0.3, -0.25) is 4.79 Å². The number of alkyl halides is 2. The van der Waals surface area contributed by atoms with Crippen LogP contribution in [0.15, 0.2) is 0 Å². The van der Waals surface area contributed by atoms with Gasteiger partial charge in [0.2, 0.25) is 5.92 Å². The van der Waals surface area contributed by atoms with Gasteiger partial charge in [0.1, 0.15) is 0 Å². The topological polar surface area (TPSA) is 26.3 Å². The third kappa shape index (κ3) is 2.16. The Hall–Kier alpha value is -0.670. The van der Waals surface area contributed by atoms with Crippen LogP contribution in [0.5, 0.6) is 0 Å². The lowest BCUT2D eigenvalue weighted by Gasteiger charge is -2.26. The zero-order chi connectivity index (χ0) is 9.19. The Morgan fingerprint density at radius 2 is 2.25 bits per heavy atom. The first-order chi connectivity index (χ1) is 5.55. The summed E-state index contributed by atoms with van der Waals surface area (Å²) >= 11 is 0. The molecule has 1 aliphatic rings. The molecule has 70 valence electrons. The van der Waals surface area contributed by atoms with Crippen LogP contribution in [0.25, 0.3) is 0 Å². The first kappa shape index (κ1) is 9.42. The van der Waals surface area contributed by atoms with Crippen molar-refractivity contribution in [1.82, 2.24) is 0 Å². The highest BCUT2D eigenvalue weighted by molar-refractivity contribution is 5.72. The Bertz CT molecular complexity index is 180. The van der Waals surface area contributed by atoms with E-state index in [1.807, 2.05) is 0 Å². The summed E-state index contributed by atoms with van der Waals surface area (Å²) in [6.45, 7) is 0. The van der Waals surface area contributed by atoms with Crippen LogP contribution in [-0.2, 0) is 9.53 Å². The summed E-state index contributed by atoms with van der Waals surface area (Å²) in [6, 6.07) is 0. The molecule has 0 spiro atoms. The highest BCUT2D eigenvalue weighted by Gasteiger charge is 2.39. The number of carbonyl (C=O) groups excluding carboxylic acids is 1. The van der Waals surface area contributed by atoms with Crippen LogP contribution in [0.1, 0.15) is 25.7 Å². The minimum Gasteiger partial charge on any atom is -0.469 e. The van der Waals surface area contributed by atoms with Gasteiger partial charge in [0.15, 0.2) is 0 Å². The monoisotopic (exact) mass is 178 g/mol. The quantitative estimate of drug-likeness (QED) is 0.574. The van der Waals surface area contributed by atoms with Crippen molar-refractivity contribution in [2.45, 2.75) is 31.6 Å². The minimum absolute atomic E-state index is 0.0967. The van der Waals surface area contributed by atoms with E-state index in [0.717, 1.165) is 0 Å². The number of methoxy groups -OCH3 is 1. The molecule has 0 N–H and O–H groups in total. The van der Waals surface area contributed by atoms with Crippen LogP contribution in [0.3, 0.4) is 0 Å². The van der Waals surface area contributed by atoms with E-state index in [1.165, 1.54) is 7.11 Å². The molecule has 0 aromatic heterocycles. The zero-order valence-electron chi connectivity index (χ0n) is 6.98. The van der Waals surface area contributed by atoms with Crippen molar-refractivity contribution in [3.05, 3.63) is 0 Å². The fraction of sp³-hybridized carbons (Fsp3) is 0.875. The van der Waals surface area contributed by atoms with Gasteiger partial charge in [-0.25, -0.2) is 8.78 Å². The molecule has 1 fully saturated rings. The van der Waals surface area contributed by atoms with Crippen LogP contribution in [0.2, 0.25) is 0 Å². The maximum atomic E-state index is 12.7. The molecule has 0 radical (unpaired) electrons. The number of hydrogen-bond acceptors (Lipinski definition) is 2. The molecular formula is C8H12F2O2. The average molecular weight is 178 g/mol. The van der Waals surface area contributed by atoms with Gasteiger partial charge in [0.05, 0.1) is 13.0 Å². The van der Waals surface area contributed by atoms with Gasteiger partial charge in [-0.05, 0) is 12.8 Å². The lowest BCUT2D eigenvalue weighted by Crippen LogP contribution is -2.31. The summed E-state index contributed by atoms with van der Waals surface area (Å²) in [7, 11) is 1.23. The molecule has 4 heteroatoms. The maximum absolute atomic E-state index is 12.7. The van der Waals surface area contributed by atoms with Crippen molar-refractivity contribution < 1.29 is 18.3 Å². The second-order valence-electron chi connectivity index (χ2n) is 3.17. The number of carbonyl (C=O) groups is 1. The standard InChI is InChI=1S/C8H12F2O2/c1-12-7(11)6-3-2-4-8(9,10)5-6/h6H,2-5H2,1H3. The number of esters is 1. The van der Waals surface area contributed by atoms with Crippen molar-refractivity contribution in [3.8, 4) is 0 Å². The van der Waals surface area contributed by atoms with E-state index in [2.05, 4.69) is 4.74 Å². The summed E-state index contributed by atoms with van der Waals surface area (Å²) in [4.78, 5) is 10.9. The van der Waals surface area contributed by atoms with E-state index in [-0.39, 0.29) is 12.8 Å². The molecule has 0 aromatic carbocycles. The number of rotatable bonds is 1. The number of hydrogen-bond donors (Lipinski definition) is 0. The molecule has 0 amide bonds. The van der Waals surface area contributed by atoms with Crippen molar-refractivity contribution in [2.24, 2.45) is 5.92 Å². The van der Waals surface area contributed by atoms with Crippen LogP contribution < -0.4 is 0 Å². The van der Waals surface area contributed by atoms with Gasteiger partial charge < -0.3 is 4.74 Å². The van der Waals surface area contributed by atoms with Crippen LogP contribution in [0.4, 0.5) is 8.78 Å². The van der Waals surface area contributed by atoms with Crippen molar-refractivity contribution in [2.75, 3.05) is 7.11 Å². The van der Waals surface area contributed by atoms with Crippen molar-refractivity contribution in [3.63, 3.8) is 0 Å². The maximum Gasteiger partial charge on any atom is 0.308 e. The smallest absolute Gasteiger partial charge is 0.308 e. The second-order valence-corrected chi connectivity index (χ2v) is 3.17. The van der Waals surface area contributed by atoms with Gasteiger partial charge in [-0.15, -0.1) is 0 Å². The molecule has 0 aliphatic heterocycles. The average Bonchev–Trinajstić information content (AvgIpc) is 2.01. The molecular weight excluding hydrogens is 166 g/mol. The molecule has 0 bridgehead atoms. The van der Waals surface area contributed by atoms with Gasteiger partial charge in [0, 0.05) is 12.8 Å². The fourth-order valence-electron chi connectivity index (χ4n) is 1.54. The lowest BCUT2D eigenvalue weighted by atomic mass is 9.87. The Labute approximate surface area is 69.9 Å². The zero-order valence-corrected chi connectivity index (χ0v) is 6.98. The van der Waals surface area contributed by atoms with Gasteiger partial charge in [-0.1, -0.05) is 0 Å². The van der Waals surface area contributed by atoms with E-state index >= 15 is 0 Å². The van der Waals surface area contributed by atoms with E-state index in [1.54, 1.807) is 0 Å². The fourth-order valence-corrected chi connectivity index (χ4v) is 1.54. The van der Waals surface area contributed by atoms with Gasteiger partial charge in [0.25, 0.3) is 0 Å². The molecule has 2 nitrogen and oxygen atoms in total. The SMILES string of the molecule is COC(=O)C1CCCC(F)(F)C1. The summed E-state index contributed by atoms with van der Waals surface area (Å²) in [5.74, 6) is -3.77. The summed E-state index contributed by atoms with van der Waals surface area (Å²) in [5, 5.41) is 0. The first-order valence-corrected chi connectivity index (χ1v) is 4.01. The molecule has 1 unspecified atom stereocenters. The Balaban J connectivity index is 2.52. The number of ether oxygens (including phenoxy) is 1. The normalized spacial score (nSPS) is 28.1. The molecule has 1 atom stereocenters. The molecule has 1 saturated carbocycles. The summed E-state index contributed by atoms with van der Waals surface area (Å²) in [6.07, 6.45) is 0.495. The highest BCUT2D eigenvalue weighted by atomic mass is 19.3. The second kappa shape index (κ2) is 3.37. The predicted molar refractivity (Wildman–Crippen MR) is 38.9 cm³/mol. The Kier molecular flexibility index (Phi) is 2.65. The molecule has 0 aromatic rings. The van der Waals surface area contributed by atoms with Crippen molar-refractivity contribution >= 4 is 5.97 Å². The molecule has 12 heavy (non-hydrogen) atoms. The molecule has 1 rings (SSSR count). The van der Waals surface area contributed by atoms with Gasteiger partial charge >= 0.3 is 5.97 Å². The van der Waals surface area contributed by atoms with Crippen LogP contribution in [0, 0.1) is 5.92 Å². The largest absolute Gasteiger partial charge is 0.469 e. The third-order valence-electron chi connectivity index (χ3n) is 2.17. The summed E-state index contributed by atoms with van der Waals surface area (Å²) < 4.78 is 29.9. The Morgan fingerprint density at radius 1 is 1.58 bits per heavy atom. The third-order valence-corrected chi connectivity index (χ3v) is 2.17. The lowest BCUT2D eigenvalue weighted by molar-refractivity contribution is -0.152. The van der Waals surface area contributed by atoms with E-state index in [4.69, 9.17) is 0 Å². The van der Waals surface area contributed by atoms with Gasteiger partial charge in [-0.2, -0.15) is 0 Å². The minimum atomic E-state index is -2.67. The van der Waals surface area contributed by atoms with E-state index < -0.39 is 17.8 Å². The molecule has 1 aliphatic carbocycles. The predicted octanol–water partition coefficient (Wildman–Crippen LogP) is 1.98. The first-order valence-electron chi connectivity index (χ1n) is 4.01. The molecule has 0 saturated heterocycles. The molecule has 0 heterocycles. The van der Waals surface area contributed by atoms with E-state index in [0.29, 0.717) is 12.8 Å². The number of halogens is 2. The van der Waals surface area contributed by atoms with Crippen LogP contribution >= 0.6 is 0 Å². The van der Waals surface area contributed by atoms with Crippen molar-refractivity contribution in [1.29, 1.82) is 0 Å².